The van der Waals surface area contributed by atoms with Gasteiger partial charge in [-0.05, 0) is 52.9 Å². The first-order valence-corrected chi connectivity index (χ1v) is 7.59. The molecule has 0 aliphatic carbocycles. The van der Waals surface area contributed by atoms with Gasteiger partial charge in [-0.1, -0.05) is 18.2 Å². The molecule has 2 aromatic heterocycles. The second-order valence-electron chi connectivity index (χ2n) is 4.79. The first-order valence-electron chi connectivity index (χ1n) is 6.51. The summed E-state index contributed by atoms with van der Waals surface area (Å²) in [6.07, 6.45) is 1.78. The van der Waals surface area contributed by atoms with E-state index < -0.39 is 0 Å². The maximum absolute atomic E-state index is 6.14. The average molecular weight is 386 g/mol. The Morgan fingerprint density at radius 2 is 1.71 bits per heavy atom. The number of para-hydroxylation sites is 1. The van der Waals surface area contributed by atoms with Crippen molar-refractivity contribution in [3.8, 4) is 5.69 Å². The van der Waals surface area contributed by atoms with E-state index in [1.165, 1.54) is 3.57 Å². The molecule has 2 heterocycles. The molecule has 0 amide bonds. The number of pyridine rings is 1. The monoisotopic (exact) mass is 386 g/mol. The Labute approximate surface area is 134 Å². The number of benzene rings is 2. The first-order chi connectivity index (χ1) is 10.2. The molecular weight excluding hydrogens is 375 g/mol. The molecule has 0 saturated heterocycles. The molecular formula is C16H11IN4. The number of nitrogen functional groups attached to an aromatic ring is 1. The zero-order valence-electron chi connectivity index (χ0n) is 11.0. The van der Waals surface area contributed by atoms with E-state index in [-0.39, 0.29) is 0 Å². The molecule has 102 valence electrons. The number of hydrogen-bond donors (Lipinski definition) is 1. The lowest BCUT2D eigenvalue weighted by atomic mass is 10.2. The van der Waals surface area contributed by atoms with Gasteiger partial charge in [0.05, 0.1) is 17.2 Å². The third-order valence-corrected chi connectivity index (χ3v) is 4.22. The predicted octanol–water partition coefficient (Wildman–Crippen LogP) is 3.76. The van der Waals surface area contributed by atoms with Gasteiger partial charge in [0.2, 0.25) is 5.95 Å². The van der Waals surface area contributed by atoms with Crippen molar-refractivity contribution < 1.29 is 0 Å². The summed E-state index contributed by atoms with van der Waals surface area (Å²) in [5.41, 5.74) is 9.89. The molecule has 2 aromatic carbocycles. The molecule has 2 N–H and O–H groups in total. The number of fused-ring (bicyclic) bond motifs is 3. The number of nitrogens with two attached hydrogens (primary N) is 1. The minimum atomic E-state index is 0.476. The minimum Gasteiger partial charge on any atom is -0.369 e. The second-order valence-corrected chi connectivity index (χ2v) is 6.04. The molecule has 0 spiro atoms. The summed E-state index contributed by atoms with van der Waals surface area (Å²) >= 11 is 2.29. The maximum Gasteiger partial charge on any atom is 0.206 e. The van der Waals surface area contributed by atoms with Crippen LogP contribution in [0.25, 0.3) is 27.6 Å². The van der Waals surface area contributed by atoms with Gasteiger partial charge in [-0.2, -0.15) is 0 Å². The van der Waals surface area contributed by atoms with Gasteiger partial charge in [-0.15, -0.1) is 0 Å². The molecule has 0 radical (unpaired) electrons. The number of halogens is 1. The van der Waals surface area contributed by atoms with Crippen LogP contribution in [0.3, 0.4) is 0 Å². The van der Waals surface area contributed by atoms with Crippen molar-refractivity contribution in [1.29, 1.82) is 0 Å². The van der Waals surface area contributed by atoms with Crippen molar-refractivity contribution in [2.45, 2.75) is 0 Å². The number of imidazole rings is 1. The highest BCUT2D eigenvalue weighted by Gasteiger charge is 2.13. The topological polar surface area (TPSA) is 56.7 Å². The molecule has 0 aliphatic heterocycles. The molecule has 5 heteroatoms. The van der Waals surface area contributed by atoms with E-state index in [1.54, 1.807) is 6.20 Å². The third kappa shape index (κ3) is 1.96. The molecule has 0 atom stereocenters. The van der Waals surface area contributed by atoms with Crippen LogP contribution in [0.5, 0.6) is 0 Å². The minimum absolute atomic E-state index is 0.476. The van der Waals surface area contributed by atoms with Gasteiger partial charge in [-0.25, -0.2) is 4.98 Å². The summed E-state index contributed by atoms with van der Waals surface area (Å²) in [4.78, 5) is 8.88. The number of rotatable bonds is 1. The van der Waals surface area contributed by atoms with E-state index in [4.69, 9.17) is 5.73 Å². The lowest BCUT2D eigenvalue weighted by Crippen LogP contribution is -2.00. The maximum atomic E-state index is 6.14. The van der Waals surface area contributed by atoms with Crippen molar-refractivity contribution in [1.82, 2.24) is 14.5 Å². The highest BCUT2D eigenvalue weighted by atomic mass is 127. The average Bonchev–Trinajstić information content (AvgIpc) is 2.85. The van der Waals surface area contributed by atoms with Gasteiger partial charge in [0.25, 0.3) is 0 Å². The van der Waals surface area contributed by atoms with Gasteiger partial charge in [-0.3, -0.25) is 9.55 Å². The Hall–Kier alpha value is -2.15. The summed E-state index contributed by atoms with van der Waals surface area (Å²) in [6.45, 7) is 0. The molecule has 0 bridgehead atoms. The Bertz CT molecular complexity index is 957. The zero-order chi connectivity index (χ0) is 14.4. The van der Waals surface area contributed by atoms with E-state index in [0.717, 1.165) is 27.6 Å². The lowest BCUT2D eigenvalue weighted by molar-refractivity contribution is 1.11. The number of anilines is 1. The second kappa shape index (κ2) is 4.70. The van der Waals surface area contributed by atoms with Crippen LogP contribution in [0.15, 0.2) is 54.7 Å². The standard InChI is InChI=1S/C16H11IN4/c17-10-5-7-11(8-6-10)21-15-12-3-1-2-4-13(12)19-9-14(15)20-16(21)18/h1-9H,(H2,18,20). The van der Waals surface area contributed by atoms with Crippen LogP contribution in [0.2, 0.25) is 0 Å². The van der Waals surface area contributed by atoms with Gasteiger partial charge in [0, 0.05) is 14.6 Å². The van der Waals surface area contributed by atoms with E-state index in [0.29, 0.717) is 5.95 Å². The SMILES string of the molecule is Nc1nc2cnc3ccccc3c2n1-c1ccc(I)cc1. The van der Waals surface area contributed by atoms with Crippen LogP contribution in [0.1, 0.15) is 0 Å². The number of nitrogens with zero attached hydrogens (tertiary/aromatic N) is 3. The van der Waals surface area contributed by atoms with Gasteiger partial charge in [0.1, 0.15) is 5.52 Å². The highest BCUT2D eigenvalue weighted by Crippen LogP contribution is 2.28. The summed E-state index contributed by atoms with van der Waals surface area (Å²) < 4.78 is 3.17. The number of hydrogen-bond acceptors (Lipinski definition) is 3. The smallest absolute Gasteiger partial charge is 0.206 e. The normalized spacial score (nSPS) is 11.3. The van der Waals surface area contributed by atoms with Crippen molar-refractivity contribution in [3.05, 3.63) is 58.3 Å². The first kappa shape index (κ1) is 12.6. The summed E-state index contributed by atoms with van der Waals surface area (Å²) in [6, 6.07) is 16.3. The van der Waals surface area contributed by atoms with Crippen molar-refractivity contribution in [3.63, 3.8) is 0 Å². The Morgan fingerprint density at radius 1 is 0.952 bits per heavy atom. The van der Waals surface area contributed by atoms with Crippen molar-refractivity contribution >= 4 is 50.5 Å². The van der Waals surface area contributed by atoms with Crippen LogP contribution in [0, 0.1) is 3.57 Å². The van der Waals surface area contributed by atoms with Crippen LogP contribution in [-0.4, -0.2) is 14.5 Å². The van der Waals surface area contributed by atoms with Gasteiger partial charge >= 0.3 is 0 Å². The van der Waals surface area contributed by atoms with Gasteiger partial charge < -0.3 is 5.73 Å². The quantitative estimate of drug-likeness (QED) is 0.507. The molecule has 0 fully saturated rings. The molecule has 0 saturated carbocycles. The molecule has 0 aliphatic rings. The zero-order valence-corrected chi connectivity index (χ0v) is 13.2. The molecule has 4 aromatic rings. The van der Waals surface area contributed by atoms with E-state index in [2.05, 4.69) is 62.9 Å². The Balaban J connectivity index is 2.14. The Morgan fingerprint density at radius 3 is 2.52 bits per heavy atom. The van der Waals surface area contributed by atoms with Crippen LogP contribution in [0.4, 0.5) is 5.95 Å². The van der Waals surface area contributed by atoms with E-state index >= 15 is 0 Å². The van der Waals surface area contributed by atoms with E-state index in [9.17, 15) is 0 Å². The van der Waals surface area contributed by atoms with Crippen molar-refractivity contribution in [2.24, 2.45) is 0 Å². The fourth-order valence-electron chi connectivity index (χ4n) is 2.57. The molecule has 0 unspecified atom stereocenters. The molecule has 4 nitrogen and oxygen atoms in total. The largest absolute Gasteiger partial charge is 0.369 e. The van der Waals surface area contributed by atoms with Gasteiger partial charge in [0.15, 0.2) is 0 Å². The van der Waals surface area contributed by atoms with Crippen LogP contribution in [-0.2, 0) is 0 Å². The highest BCUT2D eigenvalue weighted by molar-refractivity contribution is 14.1. The van der Waals surface area contributed by atoms with Crippen molar-refractivity contribution in [2.75, 3.05) is 5.73 Å². The predicted molar refractivity (Wildman–Crippen MR) is 93.5 cm³/mol. The Kier molecular flexibility index (Phi) is 2.81. The number of aromatic nitrogens is 3. The van der Waals surface area contributed by atoms with Crippen LogP contribution < -0.4 is 5.73 Å². The summed E-state index contributed by atoms with van der Waals surface area (Å²) in [5, 5.41) is 1.05. The molecule has 21 heavy (non-hydrogen) atoms. The lowest BCUT2D eigenvalue weighted by Gasteiger charge is -2.08. The summed E-state index contributed by atoms with van der Waals surface area (Å²) in [5.74, 6) is 0.476. The fraction of sp³-hybridized carbons (Fsp3) is 0. The van der Waals surface area contributed by atoms with Crippen LogP contribution >= 0.6 is 22.6 Å². The van der Waals surface area contributed by atoms with E-state index in [1.807, 2.05) is 22.8 Å². The third-order valence-electron chi connectivity index (χ3n) is 3.50. The summed E-state index contributed by atoms with van der Waals surface area (Å²) in [7, 11) is 0. The molecule has 4 rings (SSSR count). The fourth-order valence-corrected chi connectivity index (χ4v) is 2.93.